The van der Waals surface area contributed by atoms with Gasteiger partial charge in [0.15, 0.2) is 0 Å². The summed E-state index contributed by atoms with van der Waals surface area (Å²) >= 11 is 0. The fraction of sp³-hybridized carbons (Fsp3) is 0.250. The van der Waals surface area contributed by atoms with Gasteiger partial charge in [-0.25, -0.2) is 0 Å². The van der Waals surface area contributed by atoms with E-state index in [0.717, 1.165) is 40.7 Å². The molecular formula is C60H64N2O6. The lowest BCUT2D eigenvalue weighted by atomic mass is 9.95. The number of carbonyl (C=O) groups is 3. The van der Waals surface area contributed by atoms with Gasteiger partial charge in [0.25, 0.3) is 0 Å². The van der Waals surface area contributed by atoms with Gasteiger partial charge in [0.05, 0.1) is 38.3 Å². The number of aliphatic hydroxyl groups is 1. The highest BCUT2D eigenvalue weighted by Crippen LogP contribution is 2.48. The average Bonchev–Trinajstić information content (AvgIpc) is 3.87. The van der Waals surface area contributed by atoms with Crippen LogP contribution in [0.25, 0.3) is 22.3 Å². The molecule has 3 N–H and O–H groups in total. The minimum atomic E-state index is -0.536. The topological polar surface area (TPSA) is 119 Å². The van der Waals surface area contributed by atoms with E-state index in [9.17, 15) is 14.4 Å². The smallest absolute Gasteiger partial charge is 0.308 e. The number of amides is 1. The monoisotopic (exact) mass is 908 g/mol. The van der Waals surface area contributed by atoms with Gasteiger partial charge in [-0.2, -0.15) is 0 Å². The van der Waals surface area contributed by atoms with E-state index in [0.29, 0.717) is 13.0 Å². The second kappa shape index (κ2) is 25.2. The quantitative estimate of drug-likeness (QED) is 0.117. The number of aryl methyl sites for hydroxylation is 1. The molecule has 2 saturated heterocycles. The van der Waals surface area contributed by atoms with E-state index in [1.165, 1.54) is 29.4 Å². The SMILES string of the molecule is COC(=O)[C@H](C)CC(=O)Cc1ccc(-c2ccccc2)cc1.C[C@@H]1C[C@]2(Cc3ccc(-c4ccccc4)cc3)OC[C@@H](c3ccccc3)N2C1=O.Cc1ccccc1.N[C@@H](CO)c1ccccc1. The molecule has 2 aliphatic rings. The molecule has 2 fully saturated rings. The summed E-state index contributed by atoms with van der Waals surface area (Å²) in [6.07, 6.45) is 2.03. The van der Waals surface area contributed by atoms with E-state index >= 15 is 0 Å². The number of hydrogen-bond donors (Lipinski definition) is 2. The van der Waals surface area contributed by atoms with Crippen LogP contribution in [0.15, 0.2) is 200 Å². The number of nitrogens with zero attached hydrogens (tertiary/aromatic N) is 1. The summed E-state index contributed by atoms with van der Waals surface area (Å²) in [7, 11) is 1.34. The Balaban J connectivity index is 0.000000170. The second-order valence-corrected chi connectivity index (χ2v) is 17.5. The van der Waals surface area contributed by atoms with Gasteiger partial charge in [-0.3, -0.25) is 14.4 Å². The van der Waals surface area contributed by atoms with Crippen molar-refractivity contribution >= 4 is 17.7 Å². The predicted octanol–water partition coefficient (Wildman–Crippen LogP) is 11.6. The van der Waals surface area contributed by atoms with Crippen molar-refractivity contribution in [3.8, 4) is 22.3 Å². The van der Waals surface area contributed by atoms with Crippen LogP contribution in [0.2, 0.25) is 0 Å². The van der Waals surface area contributed by atoms with E-state index < -0.39 is 5.72 Å². The highest BCUT2D eigenvalue weighted by Gasteiger charge is 2.57. The fourth-order valence-electron chi connectivity index (χ4n) is 8.58. The van der Waals surface area contributed by atoms with E-state index in [4.69, 9.17) is 15.6 Å². The largest absolute Gasteiger partial charge is 0.469 e. The first-order valence-corrected chi connectivity index (χ1v) is 23.3. The molecular weight excluding hydrogens is 845 g/mol. The van der Waals surface area contributed by atoms with Gasteiger partial charge >= 0.3 is 5.97 Å². The Morgan fingerprint density at radius 2 is 1.15 bits per heavy atom. The zero-order valence-electron chi connectivity index (χ0n) is 39.6. The normalized spacial score (nSPS) is 17.7. The van der Waals surface area contributed by atoms with Crippen molar-refractivity contribution < 1.29 is 29.0 Å². The maximum absolute atomic E-state index is 13.1. The van der Waals surface area contributed by atoms with Crippen LogP contribution in [-0.2, 0) is 36.7 Å². The molecule has 2 heterocycles. The maximum atomic E-state index is 13.1. The van der Waals surface area contributed by atoms with Crippen LogP contribution < -0.4 is 5.73 Å². The first kappa shape index (κ1) is 50.4. The van der Waals surface area contributed by atoms with Crippen LogP contribution in [0.3, 0.4) is 0 Å². The highest BCUT2D eigenvalue weighted by molar-refractivity contribution is 5.86. The third kappa shape index (κ3) is 14.0. The van der Waals surface area contributed by atoms with Crippen LogP contribution in [-0.4, -0.2) is 53.7 Å². The van der Waals surface area contributed by atoms with Crippen LogP contribution in [0, 0.1) is 18.8 Å². The number of Topliss-reactive ketones (excluding diaryl/α,β-unsaturated/α-hetero) is 1. The number of hydrogen-bond acceptors (Lipinski definition) is 7. The van der Waals surface area contributed by atoms with Crippen molar-refractivity contribution in [1.29, 1.82) is 0 Å². The molecule has 7 aromatic carbocycles. The lowest BCUT2D eigenvalue weighted by molar-refractivity contribution is -0.146. The summed E-state index contributed by atoms with van der Waals surface area (Å²) in [6.45, 7) is 6.38. The van der Waals surface area contributed by atoms with Gasteiger partial charge in [0.1, 0.15) is 11.5 Å². The van der Waals surface area contributed by atoms with E-state index in [2.05, 4.69) is 96.6 Å². The Morgan fingerprint density at radius 1 is 0.691 bits per heavy atom. The average molecular weight is 909 g/mol. The van der Waals surface area contributed by atoms with Crippen molar-refractivity contribution in [2.75, 3.05) is 20.3 Å². The number of nitrogens with two attached hydrogens (primary N) is 1. The van der Waals surface area contributed by atoms with Crippen molar-refractivity contribution in [1.82, 2.24) is 4.90 Å². The first-order valence-electron chi connectivity index (χ1n) is 23.3. The van der Waals surface area contributed by atoms with Gasteiger partial charge in [-0.15, -0.1) is 0 Å². The Hall–Kier alpha value is -6.97. The fourth-order valence-corrected chi connectivity index (χ4v) is 8.58. The van der Waals surface area contributed by atoms with Crippen LogP contribution in [0.4, 0.5) is 0 Å². The van der Waals surface area contributed by atoms with E-state index in [-0.39, 0.29) is 54.6 Å². The molecule has 8 heteroatoms. The lowest BCUT2D eigenvalue weighted by Crippen LogP contribution is -2.44. The molecule has 7 aromatic rings. The number of rotatable bonds is 12. The van der Waals surface area contributed by atoms with Gasteiger partial charge in [-0.05, 0) is 51.4 Å². The summed E-state index contributed by atoms with van der Waals surface area (Å²) in [5.74, 6) is -0.485. The third-order valence-corrected chi connectivity index (χ3v) is 12.2. The zero-order valence-corrected chi connectivity index (χ0v) is 39.6. The molecule has 5 atom stereocenters. The molecule has 0 aliphatic carbocycles. The van der Waals surface area contributed by atoms with E-state index in [1.54, 1.807) is 6.92 Å². The molecule has 350 valence electrons. The Kier molecular flexibility index (Phi) is 18.7. The molecule has 1 amide bonds. The summed E-state index contributed by atoms with van der Waals surface area (Å²) in [5.41, 5.74) is 15.3. The van der Waals surface area contributed by atoms with E-state index in [1.807, 2.05) is 127 Å². The molecule has 9 rings (SSSR count). The summed E-state index contributed by atoms with van der Waals surface area (Å²) in [4.78, 5) is 38.4. The Labute approximate surface area is 402 Å². The Bertz CT molecular complexity index is 2590. The number of ether oxygens (including phenoxy) is 2. The zero-order chi connectivity index (χ0) is 48.3. The molecule has 0 spiro atoms. The van der Waals surface area contributed by atoms with Gasteiger partial charge in [-0.1, -0.05) is 220 Å². The molecule has 68 heavy (non-hydrogen) atoms. The number of carbonyl (C=O) groups excluding carboxylic acids is 3. The molecule has 0 aromatic heterocycles. The van der Waals surface area contributed by atoms with Crippen molar-refractivity contribution in [2.45, 2.75) is 64.3 Å². The number of methoxy groups -OCH3 is 1. The molecule has 2 aliphatic heterocycles. The van der Waals surface area contributed by atoms with Crippen molar-refractivity contribution in [2.24, 2.45) is 17.6 Å². The van der Waals surface area contributed by atoms with Gasteiger partial charge in [0.2, 0.25) is 5.91 Å². The highest BCUT2D eigenvalue weighted by atomic mass is 16.5. The molecule has 0 unspecified atom stereocenters. The van der Waals surface area contributed by atoms with Crippen LogP contribution >= 0.6 is 0 Å². The lowest BCUT2D eigenvalue weighted by Gasteiger charge is -2.33. The second-order valence-electron chi connectivity index (χ2n) is 17.5. The van der Waals surface area contributed by atoms with Gasteiger partial charge in [0, 0.05) is 31.6 Å². The molecule has 8 nitrogen and oxygen atoms in total. The van der Waals surface area contributed by atoms with Crippen LogP contribution in [0.1, 0.15) is 66.6 Å². The Morgan fingerprint density at radius 3 is 1.62 bits per heavy atom. The maximum Gasteiger partial charge on any atom is 0.308 e. The summed E-state index contributed by atoms with van der Waals surface area (Å²) in [5, 5.41) is 8.66. The summed E-state index contributed by atoms with van der Waals surface area (Å²) < 4.78 is 11.0. The van der Waals surface area contributed by atoms with Crippen molar-refractivity contribution in [3.63, 3.8) is 0 Å². The molecule has 0 radical (unpaired) electrons. The third-order valence-electron chi connectivity index (χ3n) is 12.2. The number of esters is 1. The number of ketones is 1. The molecule has 0 bridgehead atoms. The summed E-state index contributed by atoms with van der Waals surface area (Å²) in [6, 6.07) is 66.9. The standard InChI is InChI=1S/C26H25NO2.C19H20O3.C8H11NO.C7H8/c1-19-16-26(17-20-12-14-22(15-13-20)21-8-4-2-5-9-21)27(25(19)28)24(18-29-26)23-10-6-3-7-11-23;1-14(19(21)22-2)12-18(20)13-15-8-10-17(11-9-15)16-6-4-3-5-7-16;9-8(6-10)7-4-2-1-3-5-7;1-7-5-3-2-4-6-7/h2-15,19,24H,16-18H2,1H3;3-11,14H,12-13H2,1-2H3;1-5,8,10H,6,9H2;2-6H,1H3/t19-,24+,26-;14-;8-;/m110./s1. The number of benzene rings is 7. The minimum Gasteiger partial charge on any atom is -0.469 e. The van der Waals surface area contributed by atoms with Gasteiger partial charge < -0.3 is 25.2 Å². The molecule has 0 saturated carbocycles. The number of aliphatic hydroxyl groups excluding tert-OH is 1. The minimum absolute atomic E-state index is 0.00255. The predicted molar refractivity (Wildman–Crippen MR) is 272 cm³/mol. The van der Waals surface area contributed by atoms with Crippen molar-refractivity contribution in [3.05, 3.63) is 228 Å². The number of fused-ring (bicyclic) bond motifs is 1. The van der Waals surface area contributed by atoms with Crippen LogP contribution in [0.5, 0.6) is 0 Å². The first-order chi connectivity index (χ1) is 33.0.